The topological polar surface area (TPSA) is 48.0 Å². The van der Waals surface area contributed by atoms with Crippen molar-refractivity contribution in [2.75, 3.05) is 5.32 Å². The molecular formula is C23H24N2O. The Hall–Kier alpha value is -2.70. The van der Waals surface area contributed by atoms with Crippen LogP contribution in [0.5, 0.6) is 0 Å². The summed E-state index contributed by atoms with van der Waals surface area (Å²) >= 11 is 0. The van der Waals surface area contributed by atoms with Crippen LogP contribution < -0.4 is 5.32 Å². The predicted octanol–water partition coefficient (Wildman–Crippen LogP) is 4.79. The first-order valence-electron chi connectivity index (χ1n) is 9.02. The second-order valence-electron chi connectivity index (χ2n) is 7.88. The molecule has 0 unspecified atom stereocenters. The van der Waals surface area contributed by atoms with E-state index in [2.05, 4.69) is 60.4 Å². The van der Waals surface area contributed by atoms with Gasteiger partial charge in [0.25, 0.3) is 0 Å². The third-order valence-electron chi connectivity index (χ3n) is 5.70. The van der Waals surface area contributed by atoms with Crippen LogP contribution in [0.15, 0.2) is 36.5 Å². The van der Waals surface area contributed by atoms with E-state index in [4.69, 9.17) is 6.42 Å². The lowest BCUT2D eigenvalue weighted by Crippen LogP contribution is -2.50. The number of nitrogens with one attached hydrogen (secondary N) is 2. The number of hydrogen-bond acceptors (Lipinski definition) is 2. The molecule has 1 aromatic heterocycles. The first-order chi connectivity index (χ1) is 12.3. The monoisotopic (exact) mass is 344 g/mol. The normalized spacial score (nSPS) is 21.1. The van der Waals surface area contributed by atoms with Crippen LogP contribution in [0.2, 0.25) is 0 Å². The summed E-state index contributed by atoms with van der Waals surface area (Å²) in [6.45, 7) is 8.22. The van der Waals surface area contributed by atoms with E-state index in [0.717, 1.165) is 44.4 Å². The standard InChI is InChI=1S/C23H24N2O/c1-6-16-18(17-9-7-8-15-10-11-24-21(15)17)12-13(2)20-19(16)14(3)22(26)23(4,5)25-20/h1,7-12,14,22,24-26H,2-5H3/t14-,22+/m1/s1. The summed E-state index contributed by atoms with van der Waals surface area (Å²) in [4.78, 5) is 3.34. The molecule has 0 saturated heterocycles. The van der Waals surface area contributed by atoms with Crippen molar-refractivity contribution in [1.82, 2.24) is 4.98 Å². The highest BCUT2D eigenvalue weighted by Gasteiger charge is 2.40. The largest absolute Gasteiger partial charge is 0.390 e. The Morgan fingerprint density at radius 3 is 2.69 bits per heavy atom. The average Bonchev–Trinajstić information content (AvgIpc) is 3.09. The third kappa shape index (κ3) is 2.26. The summed E-state index contributed by atoms with van der Waals surface area (Å²) in [5.41, 5.74) is 6.92. The lowest BCUT2D eigenvalue weighted by atomic mass is 9.75. The number of fused-ring (bicyclic) bond motifs is 2. The molecule has 2 heterocycles. The highest BCUT2D eigenvalue weighted by atomic mass is 16.3. The van der Waals surface area contributed by atoms with Gasteiger partial charge in [0.2, 0.25) is 0 Å². The molecule has 26 heavy (non-hydrogen) atoms. The number of terminal acetylenes is 1. The molecule has 0 fully saturated rings. The number of benzene rings is 2. The van der Waals surface area contributed by atoms with Gasteiger partial charge in [-0.25, -0.2) is 0 Å². The molecule has 3 nitrogen and oxygen atoms in total. The van der Waals surface area contributed by atoms with Crippen molar-refractivity contribution in [3.8, 4) is 23.5 Å². The fourth-order valence-electron chi connectivity index (χ4n) is 4.32. The molecule has 0 saturated carbocycles. The number of rotatable bonds is 1. The first-order valence-corrected chi connectivity index (χ1v) is 9.02. The molecule has 1 aliphatic heterocycles. The zero-order valence-electron chi connectivity index (χ0n) is 15.6. The summed E-state index contributed by atoms with van der Waals surface area (Å²) in [6, 6.07) is 10.5. The minimum atomic E-state index is -0.516. The number of H-pyrrole nitrogens is 1. The zero-order chi connectivity index (χ0) is 18.6. The van der Waals surface area contributed by atoms with Crippen LogP contribution in [0.3, 0.4) is 0 Å². The Morgan fingerprint density at radius 1 is 1.19 bits per heavy atom. The summed E-state index contributed by atoms with van der Waals surface area (Å²) in [7, 11) is 0. The molecular weight excluding hydrogens is 320 g/mol. The Kier molecular flexibility index (Phi) is 3.64. The second kappa shape index (κ2) is 5.65. The van der Waals surface area contributed by atoms with Crippen molar-refractivity contribution in [3.05, 3.63) is 53.2 Å². The summed E-state index contributed by atoms with van der Waals surface area (Å²) < 4.78 is 0. The van der Waals surface area contributed by atoms with E-state index in [9.17, 15) is 5.11 Å². The SMILES string of the molecule is C#Cc1c(-c2cccc3cc[nH]c23)cc(C)c2c1[C@@H](C)[C@H](O)C(C)(C)N2. The lowest BCUT2D eigenvalue weighted by molar-refractivity contribution is 0.0868. The molecule has 132 valence electrons. The Bertz CT molecular complexity index is 1050. The van der Waals surface area contributed by atoms with Crippen LogP contribution >= 0.6 is 0 Å². The number of anilines is 1. The summed E-state index contributed by atoms with van der Waals surface area (Å²) in [5, 5.41) is 15.5. The van der Waals surface area contributed by atoms with Gasteiger partial charge in [0, 0.05) is 34.5 Å². The van der Waals surface area contributed by atoms with E-state index in [1.807, 2.05) is 20.0 Å². The van der Waals surface area contributed by atoms with E-state index < -0.39 is 11.6 Å². The van der Waals surface area contributed by atoms with Crippen molar-refractivity contribution in [2.24, 2.45) is 0 Å². The average molecular weight is 344 g/mol. The highest BCUT2D eigenvalue weighted by Crippen LogP contribution is 2.46. The van der Waals surface area contributed by atoms with Gasteiger partial charge < -0.3 is 15.4 Å². The Labute approximate surface area is 154 Å². The number of aromatic nitrogens is 1. The minimum absolute atomic E-state index is 0.0474. The van der Waals surface area contributed by atoms with E-state index >= 15 is 0 Å². The van der Waals surface area contributed by atoms with E-state index in [1.165, 1.54) is 0 Å². The molecule has 0 bridgehead atoms. The maximum absolute atomic E-state index is 10.8. The molecule has 3 N–H and O–H groups in total. The van der Waals surface area contributed by atoms with Crippen molar-refractivity contribution < 1.29 is 5.11 Å². The van der Waals surface area contributed by atoms with Crippen LogP contribution in [-0.2, 0) is 0 Å². The number of aromatic amines is 1. The van der Waals surface area contributed by atoms with E-state index in [0.29, 0.717) is 0 Å². The zero-order valence-corrected chi connectivity index (χ0v) is 15.6. The van der Waals surface area contributed by atoms with Gasteiger partial charge in [0.15, 0.2) is 0 Å². The molecule has 2 aromatic carbocycles. The highest BCUT2D eigenvalue weighted by molar-refractivity contribution is 5.97. The molecule has 0 radical (unpaired) electrons. The molecule has 0 spiro atoms. The first kappa shape index (κ1) is 16.8. The fraction of sp³-hybridized carbons (Fsp3) is 0.304. The summed E-state index contributed by atoms with van der Waals surface area (Å²) in [5.74, 6) is 2.87. The number of aliphatic hydroxyl groups is 1. The predicted molar refractivity (Wildman–Crippen MR) is 109 cm³/mol. The van der Waals surface area contributed by atoms with Crippen LogP contribution in [0.25, 0.3) is 22.0 Å². The lowest BCUT2D eigenvalue weighted by Gasteiger charge is -2.43. The molecule has 3 heteroatoms. The van der Waals surface area contributed by atoms with Gasteiger partial charge in [-0.2, -0.15) is 0 Å². The number of hydrogen-bond donors (Lipinski definition) is 3. The van der Waals surface area contributed by atoms with Crippen molar-refractivity contribution >= 4 is 16.6 Å². The van der Waals surface area contributed by atoms with Gasteiger partial charge in [-0.05, 0) is 49.4 Å². The van der Waals surface area contributed by atoms with Crippen LogP contribution in [0, 0.1) is 19.3 Å². The smallest absolute Gasteiger partial charge is 0.0831 e. The fourth-order valence-corrected chi connectivity index (χ4v) is 4.32. The molecule has 2 atom stereocenters. The minimum Gasteiger partial charge on any atom is -0.390 e. The van der Waals surface area contributed by atoms with Gasteiger partial charge >= 0.3 is 0 Å². The van der Waals surface area contributed by atoms with Gasteiger partial charge in [0.05, 0.1) is 17.2 Å². The van der Waals surface area contributed by atoms with Gasteiger partial charge in [-0.15, -0.1) is 6.42 Å². The molecule has 0 aliphatic carbocycles. The maximum Gasteiger partial charge on any atom is 0.0831 e. The molecule has 4 rings (SSSR count). The Balaban J connectivity index is 2.05. The van der Waals surface area contributed by atoms with Crippen LogP contribution in [0.4, 0.5) is 5.69 Å². The molecule has 0 amide bonds. The van der Waals surface area contributed by atoms with Crippen molar-refractivity contribution in [3.63, 3.8) is 0 Å². The van der Waals surface area contributed by atoms with Gasteiger partial charge in [-0.1, -0.05) is 31.0 Å². The summed E-state index contributed by atoms with van der Waals surface area (Å²) in [6.07, 6.45) is 7.42. The van der Waals surface area contributed by atoms with Crippen molar-refractivity contribution in [1.29, 1.82) is 0 Å². The van der Waals surface area contributed by atoms with Crippen LogP contribution in [0.1, 0.15) is 43.4 Å². The van der Waals surface area contributed by atoms with Crippen molar-refractivity contribution in [2.45, 2.75) is 45.3 Å². The number of aliphatic hydroxyl groups excluding tert-OH is 1. The quantitative estimate of drug-likeness (QED) is 0.556. The number of aryl methyl sites for hydroxylation is 1. The number of para-hydroxylation sites is 1. The second-order valence-corrected chi connectivity index (χ2v) is 7.88. The molecule has 1 aliphatic rings. The van der Waals surface area contributed by atoms with Crippen LogP contribution in [-0.4, -0.2) is 21.7 Å². The van der Waals surface area contributed by atoms with Gasteiger partial charge in [0.1, 0.15) is 0 Å². The van der Waals surface area contributed by atoms with E-state index in [1.54, 1.807) is 0 Å². The van der Waals surface area contributed by atoms with Gasteiger partial charge in [-0.3, -0.25) is 0 Å². The molecule has 3 aromatic rings. The maximum atomic E-state index is 10.8. The third-order valence-corrected chi connectivity index (χ3v) is 5.70. The Morgan fingerprint density at radius 2 is 1.96 bits per heavy atom. The van der Waals surface area contributed by atoms with E-state index in [-0.39, 0.29) is 5.92 Å².